The van der Waals surface area contributed by atoms with Crippen molar-refractivity contribution in [1.29, 1.82) is 0 Å². The van der Waals surface area contributed by atoms with Crippen molar-refractivity contribution in [1.82, 2.24) is 0 Å². The minimum absolute atomic E-state index is 0.0204. The number of rotatable bonds is 11. The Bertz CT molecular complexity index is 1650. The molecule has 0 radical (unpaired) electrons. The van der Waals surface area contributed by atoms with Gasteiger partial charge in [-0.3, -0.25) is 9.59 Å². The fourth-order valence-electron chi connectivity index (χ4n) is 4.47. The van der Waals surface area contributed by atoms with E-state index >= 15 is 0 Å². The van der Waals surface area contributed by atoms with Gasteiger partial charge in [0.1, 0.15) is 18.1 Å². The molecule has 4 aromatic rings. The van der Waals surface area contributed by atoms with Gasteiger partial charge in [-0.2, -0.15) is 0 Å². The molecule has 0 saturated heterocycles. The van der Waals surface area contributed by atoms with Crippen molar-refractivity contribution in [2.75, 3.05) is 7.11 Å². The van der Waals surface area contributed by atoms with Crippen molar-refractivity contribution < 1.29 is 33.7 Å². The van der Waals surface area contributed by atoms with Crippen molar-refractivity contribution in [3.05, 3.63) is 121 Å². The molecule has 0 atom stereocenters. The van der Waals surface area contributed by atoms with Crippen LogP contribution in [0.3, 0.4) is 0 Å². The van der Waals surface area contributed by atoms with Crippen LogP contribution in [0.25, 0.3) is 0 Å². The lowest BCUT2D eigenvalue weighted by Crippen LogP contribution is -2.08. The quantitative estimate of drug-likeness (QED) is 0.123. The van der Waals surface area contributed by atoms with Crippen LogP contribution < -0.4 is 9.47 Å². The van der Waals surface area contributed by atoms with Gasteiger partial charge in [0, 0.05) is 11.1 Å². The van der Waals surface area contributed by atoms with E-state index in [1.54, 1.807) is 48.5 Å². The van der Waals surface area contributed by atoms with Crippen molar-refractivity contribution in [2.45, 2.75) is 39.7 Å². The number of ketones is 1. The van der Waals surface area contributed by atoms with Gasteiger partial charge in [0.05, 0.1) is 33.6 Å². The molecule has 0 aliphatic carbocycles. The molecule has 1 N–H and O–H groups in total. The minimum atomic E-state index is -0.949. The number of methoxy groups -OCH3 is 1. The molecule has 0 amide bonds. The molecule has 4 rings (SSSR count). The third-order valence-electron chi connectivity index (χ3n) is 6.65. The van der Waals surface area contributed by atoms with E-state index in [2.05, 4.69) is 31.9 Å². The first-order chi connectivity index (χ1) is 20.5. The summed E-state index contributed by atoms with van der Waals surface area (Å²) < 4.78 is 18.5. The molecule has 222 valence electrons. The Labute approximate surface area is 267 Å². The van der Waals surface area contributed by atoms with Gasteiger partial charge in [0.25, 0.3) is 0 Å². The van der Waals surface area contributed by atoms with Gasteiger partial charge in [0.2, 0.25) is 0 Å². The lowest BCUT2D eigenvalue weighted by Gasteiger charge is -2.20. The predicted octanol–water partition coefficient (Wildman–Crippen LogP) is 8.66. The molecule has 43 heavy (non-hydrogen) atoms. The summed E-state index contributed by atoms with van der Waals surface area (Å²) in [5.41, 5.74) is 4.44. The van der Waals surface area contributed by atoms with Crippen molar-refractivity contribution >= 4 is 49.6 Å². The number of carboxylic acid groups (broad SMARTS) is 1. The highest BCUT2D eigenvalue weighted by molar-refractivity contribution is 9.11. The average molecular weight is 710 g/mol. The first kappa shape index (κ1) is 32.0. The molecular weight excluding hydrogens is 680 g/mol. The lowest BCUT2D eigenvalue weighted by molar-refractivity contribution is -0.136. The third kappa shape index (κ3) is 7.91. The minimum Gasteiger partial charge on any atom is -0.489 e. The second-order valence-electron chi connectivity index (χ2n) is 10.3. The fourth-order valence-corrected chi connectivity index (χ4v) is 5.91. The number of aliphatic carboxylic acids is 1. The van der Waals surface area contributed by atoms with Gasteiger partial charge >= 0.3 is 11.9 Å². The highest BCUT2D eigenvalue weighted by Gasteiger charge is 2.23. The standard InChI is InChI=1S/C34H30Br2O7/c1-19(2)25-16-30(43-33-27(35)13-22(14-28(33)36)15-31(37)38)26(32(39)24-7-5-6-20(3)12-24)17-29(25)42-18-21-8-10-23(11-9-21)34(40)41-4/h5-14,16-17,19H,15,18H2,1-4H3,(H,37,38). The van der Waals surface area contributed by atoms with E-state index in [1.165, 1.54) is 7.11 Å². The van der Waals surface area contributed by atoms with Gasteiger partial charge in [-0.15, -0.1) is 0 Å². The largest absolute Gasteiger partial charge is 0.489 e. The number of benzene rings is 4. The smallest absolute Gasteiger partial charge is 0.337 e. The van der Waals surface area contributed by atoms with E-state index in [0.29, 0.717) is 48.4 Å². The normalized spacial score (nSPS) is 10.9. The number of halogens is 2. The zero-order valence-electron chi connectivity index (χ0n) is 24.1. The van der Waals surface area contributed by atoms with Gasteiger partial charge in [0.15, 0.2) is 11.5 Å². The zero-order valence-corrected chi connectivity index (χ0v) is 27.2. The maximum atomic E-state index is 13.9. The fraction of sp³-hybridized carbons (Fsp3) is 0.206. The Morgan fingerprint density at radius 1 is 0.837 bits per heavy atom. The van der Waals surface area contributed by atoms with E-state index in [0.717, 1.165) is 16.7 Å². The van der Waals surface area contributed by atoms with Crippen LogP contribution in [0.2, 0.25) is 0 Å². The predicted molar refractivity (Wildman–Crippen MR) is 171 cm³/mol. The summed E-state index contributed by atoms with van der Waals surface area (Å²) in [6.45, 7) is 6.17. The zero-order chi connectivity index (χ0) is 31.3. The second-order valence-corrected chi connectivity index (χ2v) is 12.0. The molecule has 0 fully saturated rings. The second kappa shape index (κ2) is 14.0. The van der Waals surface area contributed by atoms with E-state index in [1.807, 2.05) is 45.0 Å². The number of hydrogen-bond acceptors (Lipinski definition) is 6. The summed E-state index contributed by atoms with van der Waals surface area (Å²) in [5, 5.41) is 9.22. The number of ether oxygens (including phenoxy) is 3. The van der Waals surface area contributed by atoms with Crippen LogP contribution in [0, 0.1) is 6.92 Å². The number of carbonyl (C=O) groups excluding carboxylic acids is 2. The van der Waals surface area contributed by atoms with Crippen molar-refractivity contribution in [2.24, 2.45) is 0 Å². The van der Waals surface area contributed by atoms with Crippen molar-refractivity contribution in [3.63, 3.8) is 0 Å². The van der Waals surface area contributed by atoms with Crippen LogP contribution in [0.15, 0.2) is 81.7 Å². The van der Waals surface area contributed by atoms with Crippen LogP contribution in [0.1, 0.15) is 68.3 Å². The topological polar surface area (TPSA) is 99.1 Å². The molecule has 0 aliphatic rings. The number of esters is 1. The van der Waals surface area contributed by atoms with Crippen LogP contribution in [0.5, 0.6) is 17.2 Å². The molecule has 0 aromatic heterocycles. The summed E-state index contributed by atoms with van der Waals surface area (Å²) in [4.78, 5) is 37.0. The molecule has 9 heteroatoms. The van der Waals surface area contributed by atoms with Crippen LogP contribution in [0.4, 0.5) is 0 Å². The van der Waals surface area contributed by atoms with Gasteiger partial charge in [-0.25, -0.2) is 4.79 Å². The molecule has 7 nitrogen and oxygen atoms in total. The average Bonchev–Trinajstić information content (AvgIpc) is 2.97. The Morgan fingerprint density at radius 3 is 2.09 bits per heavy atom. The molecule has 0 heterocycles. The summed E-state index contributed by atoms with van der Waals surface area (Å²) >= 11 is 7.01. The maximum absolute atomic E-state index is 13.9. The SMILES string of the molecule is COC(=O)c1ccc(COc2cc(C(=O)c3cccc(C)c3)c(Oc3c(Br)cc(CC(=O)O)cc3Br)cc2C(C)C)cc1. The van der Waals surface area contributed by atoms with E-state index in [-0.39, 0.29) is 24.7 Å². The van der Waals surface area contributed by atoms with E-state index in [9.17, 15) is 19.5 Å². The number of aryl methyl sites for hydroxylation is 1. The molecule has 0 unspecified atom stereocenters. The number of carboxylic acids is 1. The van der Waals surface area contributed by atoms with E-state index < -0.39 is 11.9 Å². The van der Waals surface area contributed by atoms with Crippen LogP contribution in [-0.4, -0.2) is 29.9 Å². The monoisotopic (exact) mass is 708 g/mol. The molecule has 0 bridgehead atoms. The van der Waals surface area contributed by atoms with Gasteiger partial charge in [-0.1, -0.05) is 49.7 Å². The van der Waals surface area contributed by atoms with E-state index in [4.69, 9.17) is 14.2 Å². The Hall–Kier alpha value is -3.95. The highest BCUT2D eigenvalue weighted by Crippen LogP contribution is 2.42. The number of carbonyl (C=O) groups is 3. The summed E-state index contributed by atoms with van der Waals surface area (Å²) in [5.74, 6) is -0.318. The summed E-state index contributed by atoms with van der Waals surface area (Å²) in [6, 6.07) is 21.1. The Kier molecular flexibility index (Phi) is 10.4. The Balaban J connectivity index is 1.77. The first-order valence-electron chi connectivity index (χ1n) is 13.4. The van der Waals surface area contributed by atoms with Crippen LogP contribution in [-0.2, 0) is 22.6 Å². The first-order valence-corrected chi connectivity index (χ1v) is 15.0. The third-order valence-corrected chi connectivity index (χ3v) is 7.83. The van der Waals surface area contributed by atoms with Gasteiger partial charge < -0.3 is 19.3 Å². The van der Waals surface area contributed by atoms with Crippen molar-refractivity contribution in [3.8, 4) is 17.2 Å². The molecular formula is C34H30Br2O7. The van der Waals surface area contributed by atoms with Crippen LogP contribution >= 0.6 is 31.9 Å². The molecule has 0 saturated carbocycles. The summed E-state index contributed by atoms with van der Waals surface area (Å²) in [6.07, 6.45) is -0.149. The number of hydrogen-bond donors (Lipinski definition) is 1. The maximum Gasteiger partial charge on any atom is 0.337 e. The molecule has 0 aliphatic heterocycles. The Morgan fingerprint density at radius 2 is 1.51 bits per heavy atom. The summed E-state index contributed by atoms with van der Waals surface area (Å²) in [7, 11) is 1.34. The van der Waals surface area contributed by atoms with Gasteiger partial charge in [-0.05, 0) is 98.3 Å². The lowest BCUT2D eigenvalue weighted by atomic mass is 9.95. The molecule has 4 aromatic carbocycles. The highest BCUT2D eigenvalue weighted by atomic mass is 79.9. The molecule has 0 spiro atoms.